The molecule has 1 aromatic rings. The standard InChI is InChI=1S/C9H13N5/c1-6-3-9(12-5-11-6)14-7(2)4-8(10)13-14/h3,5,7H,4H2,1-2H3,(H2,10,13). The lowest BCUT2D eigenvalue weighted by atomic mass is 10.2. The minimum absolute atomic E-state index is 0.282. The molecule has 2 N–H and O–H groups in total. The molecule has 5 nitrogen and oxygen atoms in total. The molecule has 1 unspecified atom stereocenters. The van der Waals surface area contributed by atoms with Gasteiger partial charge in [-0.05, 0) is 13.8 Å². The average Bonchev–Trinajstić information content (AvgIpc) is 2.45. The summed E-state index contributed by atoms with van der Waals surface area (Å²) >= 11 is 0. The number of rotatable bonds is 1. The van der Waals surface area contributed by atoms with Crippen LogP contribution in [0.2, 0.25) is 0 Å². The molecule has 0 amide bonds. The molecule has 0 aliphatic carbocycles. The van der Waals surface area contributed by atoms with Crippen molar-refractivity contribution in [3.8, 4) is 0 Å². The number of hydrogen-bond donors (Lipinski definition) is 1. The molecular weight excluding hydrogens is 178 g/mol. The highest BCUT2D eigenvalue weighted by molar-refractivity contribution is 5.84. The molecule has 2 heterocycles. The van der Waals surface area contributed by atoms with Crippen LogP contribution in [-0.2, 0) is 0 Å². The molecule has 74 valence electrons. The molecule has 0 spiro atoms. The van der Waals surface area contributed by atoms with Gasteiger partial charge in [-0.15, -0.1) is 0 Å². The molecule has 0 radical (unpaired) electrons. The SMILES string of the molecule is Cc1cc(N2N=C(N)CC2C)ncn1. The molecule has 0 fully saturated rings. The molecular formula is C9H13N5. The zero-order chi connectivity index (χ0) is 10.1. The third kappa shape index (κ3) is 1.53. The Balaban J connectivity index is 2.31. The lowest BCUT2D eigenvalue weighted by Gasteiger charge is -2.18. The molecule has 1 atom stereocenters. The summed E-state index contributed by atoms with van der Waals surface area (Å²) in [5.74, 6) is 1.47. The fourth-order valence-electron chi connectivity index (χ4n) is 1.51. The number of anilines is 1. The molecule has 14 heavy (non-hydrogen) atoms. The highest BCUT2D eigenvalue weighted by Crippen LogP contribution is 2.20. The van der Waals surface area contributed by atoms with Gasteiger partial charge in [-0.1, -0.05) is 0 Å². The molecule has 1 aliphatic rings. The molecule has 0 saturated heterocycles. The first-order chi connectivity index (χ1) is 6.66. The van der Waals surface area contributed by atoms with E-state index in [9.17, 15) is 0 Å². The maximum absolute atomic E-state index is 5.66. The van der Waals surface area contributed by atoms with Gasteiger partial charge in [0.1, 0.15) is 12.2 Å². The Kier molecular flexibility index (Phi) is 2.07. The molecule has 5 heteroatoms. The number of nitrogens with zero attached hydrogens (tertiary/aromatic N) is 4. The fraction of sp³-hybridized carbons (Fsp3) is 0.444. The summed E-state index contributed by atoms with van der Waals surface area (Å²) in [6.45, 7) is 4.00. The second-order valence-corrected chi connectivity index (χ2v) is 3.51. The molecule has 0 aromatic carbocycles. The van der Waals surface area contributed by atoms with Crippen molar-refractivity contribution in [1.29, 1.82) is 0 Å². The lowest BCUT2D eigenvalue weighted by molar-refractivity contribution is 0.710. The van der Waals surface area contributed by atoms with E-state index < -0.39 is 0 Å². The summed E-state index contributed by atoms with van der Waals surface area (Å²) in [7, 11) is 0. The van der Waals surface area contributed by atoms with E-state index in [-0.39, 0.29) is 6.04 Å². The summed E-state index contributed by atoms with van der Waals surface area (Å²) in [5, 5.41) is 6.06. The van der Waals surface area contributed by atoms with Gasteiger partial charge in [0.25, 0.3) is 0 Å². The van der Waals surface area contributed by atoms with E-state index in [4.69, 9.17) is 5.73 Å². The van der Waals surface area contributed by atoms with Crippen LogP contribution in [0.25, 0.3) is 0 Å². The van der Waals surface area contributed by atoms with Crippen LogP contribution in [-0.4, -0.2) is 21.8 Å². The maximum atomic E-state index is 5.66. The van der Waals surface area contributed by atoms with Gasteiger partial charge < -0.3 is 5.73 Å². The van der Waals surface area contributed by atoms with E-state index in [1.165, 1.54) is 0 Å². The second-order valence-electron chi connectivity index (χ2n) is 3.51. The summed E-state index contributed by atoms with van der Waals surface area (Å²) < 4.78 is 0. The number of nitrogens with two attached hydrogens (primary N) is 1. The Bertz CT molecular complexity index is 373. The quantitative estimate of drug-likeness (QED) is 0.708. The Labute approximate surface area is 82.7 Å². The molecule has 0 saturated carbocycles. The maximum Gasteiger partial charge on any atom is 0.152 e. The molecule has 2 rings (SSSR count). The van der Waals surface area contributed by atoms with Crippen molar-refractivity contribution >= 4 is 11.7 Å². The number of hydrogen-bond acceptors (Lipinski definition) is 5. The van der Waals surface area contributed by atoms with Crippen LogP contribution in [0.15, 0.2) is 17.5 Å². The first kappa shape index (κ1) is 8.93. The fourth-order valence-corrected chi connectivity index (χ4v) is 1.51. The normalized spacial score (nSPS) is 21.1. The van der Waals surface area contributed by atoms with Gasteiger partial charge in [0.15, 0.2) is 5.82 Å². The third-order valence-corrected chi connectivity index (χ3v) is 2.18. The topological polar surface area (TPSA) is 67.4 Å². The van der Waals surface area contributed by atoms with Crippen LogP contribution >= 0.6 is 0 Å². The Morgan fingerprint density at radius 2 is 2.29 bits per heavy atom. The van der Waals surface area contributed by atoms with Crippen molar-refractivity contribution in [1.82, 2.24) is 9.97 Å². The van der Waals surface area contributed by atoms with Crippen molar-refractivity contribution in [3.63, 3.8) is 0 Å². The number of aryl methyl sites for hydroxylation is 1. The number of amidine groups is 1. The smallest absolute Gasteiger partial charge is 0.152 e. The average molecular weight is 191 g/mol. The number of hydrazone groups is 1. The second kappa shape index (κ2) is 3.25. The van der Waals surface area contributed by atoms with Gasteiger partial charge in [-0.3, -0.25) is 0 Å². The van der Waals surface area contributed by atoms with Crippen LogP contribution in [0.4, 0.5) is 5.82 Å². The van der Waals surface area contributed by atoms with E-state index in [0.29, 0.717) is 5.84 Å². The summed E-state index contributed by atoms with van der Waals surface area (Å²) in [5.41, 5.74) is 6.59. The first-order valence-corrected chi connectivity index (χ1v) is 4.57. The van der Waals surface area contributed by atoms with Gasteiger partial charge in [-0.2, -0.15) is 5.10 Å². The number of aromatic nitrogens is 2. The van der Waals surface area contributed by atoms with Crippen LogP contribution in [0.1, 0.15) is 19.0 Å². The summed E-state index contributed by atoms with van der Waals surface area (Å²) in [6, 6.07) is 2.18. The van der Waals surface area contributed by atoms with E-state index in [1.807, 2.05) is 18.0 Å². The van der Waals surface area contributed by atoms with E-state index >= 15 is 0 Å². The Morgan fingerprint density at radius 3 is 2.86 bits per heavy atom. The Hall–Kier alpha value is -1.65. The predicted molar refractivity (Wildman–Crippen MR) is 54.9 cm³/mol. The largest absolute Gasteiger partial charge is 0.386 e. The van der Waals surface area contributed by atoms with Crippen molar-refractivity contribution in [2.24, 2.45) is 10.8 Å². The van der Waals surface area contributed by atoms with Crippen LogP contribution in [0.3, 0.4) is 0 Å². The van der Waals surface area contributed by atoms with Crippen molar-refractivity contribution in [2.45, 2.75) is 26.3 Å². The minimum atomic E-state index is 0.282. The highest BCUT2D eigenvalue weighted by Gasteiger charge is 2.22. The van der Waals surface area contributed by atoms with Crippen molar-refractivity contribution < 1.29 is 0 Å². The zero-order valence-corrected chi connectivity index (χ0v) is 8.31. The molecule has 1 aromatic heterocycles. The van der Waals surface area contributed by atoms with Crippen LogP contribution < -0.4 is 10.7 Å². The molecule has 1 aliphatic heterocycles. The van der Waals surface area contributed by atoms with Crippen LogP contribution in [0.5, 0.6) is 0 Å². The monoisotopic (exact) mass is 191 g/mol. The van der Waals surface area contributed by atoms with Crippen molar-refractivity contribution in [3.05, 3.63) is 18.1 Å². The minimum Gasteiger partial charge on any atom is -0.386 e. The van der Waals surface area contributed by atoms with Gasteiger partial charge in [0.2, 0.25) is 0 Å². The third-order valence-electron chi connectivity index (χ3n) is 2.18. The summed E-state index contributed by atoms with van der Waals surface area (Å²) in [6.07, 6.45) is 2.34. The summed E-state index contributed by atoms with van der Waals surface area (Å²) in [4.78, 5) is 8.20. The zero-order valence-electron chi connectivity index (χ0n) is 8.31. The van der Waals surface area contributed by atoms with Crippen molar-refractivity contribution in [2.75, 3.05) is 5.01 Å². The lowest BCUT2D eigenvalue weighted by Crippen LogP contribution is -2.23. The Morgan fingerprint density at radius 1 is 1.50 bits per heavy atom. The van der Waals surface area contributed by atoms with E-state index in [2.05, 4.69) is 22.0 Å². The van der Waals surface area contributed by atoms with Gasteiger partial charge in [0, 0.05) is 18.2 Å². The predicted octanol–water partition coefficient (Wildman–Crippen LogP) is 0.656. The van der Waals surface area contributed by atoms with E-state index in [0.717, 1.165) is 17.9 Å². The van der Waals surface area contributed by atoms with Crippen LogP contribution in [0, 0.1) is 6.92 Å². The van der Waals surface area contributed by atoms with Gasteiger partial charge in [0.05, 0.1) is 6.04 Å². The molecule has 0 bridgehead atoms. The van der Waals surface area contributed by atoms with E-state index in [1.54, 1.807) is 6.33 Å². The van der Waals surface area contributed by atoms with Gasteiger partial charge >= 0.3 is 0 Å². The van der Waals surface area contributed by atoms with Gasteiger partial charge in [-0.25, -0.2) is 15.0 Å². The first-order valence-electron chi connectivity index (χ1n) is 4.57. The highest BCUT2D eigenvalue weighted by atomic mass is 15.5.